The largest absolute Gasteiger partial charge is 0.494 e. The van der Waals surface area contributed by atoms with Gasteiger partial charge in [-0.05, 0) is 24.1 Å². The highest BCUT2D eigenvalue weighted by Gasteiger charge is 2.43. The molecule has 1 saturated heterocycles. The number of imide groups is 1. The molecular weight excluding hydrogens is 406 g/mol. The quantitative estimate of drug-likeness (QED) is 0.642. The van der Waals surface area contributed by atoms with E-state index in [0.717, 1.165) is 25.1 Å². The zero-order valence-electron chi connectivity index (χ0n) is 18.4. The molecule has 7 nitrogen and oxygen atoms in total. The van der Waals surface area contributed by atoms with Crippen LogP contribution in [0, 0.1) is 0 Å². The number of piperazine rings is 1. The number of β-amino-alcohol motifs (C(OH)–C–C–N with tert-alkyl or cyclic N) is 1. The van der Waals surface area contributed by atoms with Gasteiger partial charge in [-0.15, -0.1) is 0 Å². The number of anilines is 1. The van der Waals surface area contributed by atoms with E-state index in [1.54, 1.807) is 18.2 Å². The summed E-state index contributed by atoms with van der Waals surface area (Å²) in [6.45, 7) is 6.03. The number of amides is 2. The molecule has 32 heavy (non-hydrogen) atoms. The summed E-state index contributed by atoms with van der Waals surface area (Å²) in [4.78, 5) is 32.7. The number of benzene rings is 2. The zero-order valence-corrected chi connectivity index (χ0v) is 18.4. The Morgan fingerprint density at radius 2 is 1.69 bits per heavy atom. The third-order valence-electron chi connectivity index (χ3n) is 5.78. The molecule has 4 rings (SSSR count). The highest BCUT2D eigenvalue weighted by atomic mass is 16.5. The summed E-state index contributed by atoms with van der Waals surface area (Å²) in [7, 11) is 0. The SMILES string of the molecule is CCCOc1cccc(N2C(=O)C(c3ccccc3)=C(N3CCN(CCO)CC3)C2=O)c1. The van der Waals surface area contributed by atoms with Gasteiger partial charge < -0.3 is 14.7 Å². The van der Waals surface area contributed by atoms with Crippen LogP contribution >= 0.6 is 0 Å². The monoisotopic (exact) mass is 435 g/mol. The van der Waals surface area contributed by atoms with Crippen LogP contribution in [-0.4, -0.2) is 72.7 Å². The van der Waals surface area contributed by atoms with E-state index in [1.807, 2.05) is 48.2 Å². The van der Waals surface area contributed by atoms with Crippen molar-refractivity contribution in [1.82, 2.24) is 9.80 Å². The Bertz CT molecular complexity index is 997. The van der Waals surface area contributed by atoms with Crippen LogP contribution in [0.3, 0.4) is 0 Å². The van der Waals surface area contributed by atoms with Crippen molar-refractivity contribution in [3.05, 3.63) is 65.9 Å². The maximum Gasteiger partial charge on any atom is 0.282 e. The zero-order chi connectivity index (χ0) is 22.5. The number of ether oxygens (including phenoxy) is 1. The molecule has 1 fully saturated rings. The minimum Gasteiger partial charge on any atom is -0.494 e. The molecule has 2 aromatic rings. The molecule has 0 bridgehead atoms. The van der Waals surface area contributed by atoms with Gasteiger partial charge in [-0.3, -0.25) is 14.5 Å². The molecule has 0 atom stereocenters. The number of carbonyl (C=O) groups excluding carboxylic acids is 2. The second kappa shape index (κ2) is 9.97. The normalized spacial score (nSPS) is 17.4. The van der Waals surface area contributed by atoms with Crippen molar-refractivity contribution in [3.8, 4) is 5.75 Å². The summed E-state index contributed by atoms with van der Waals surface area (Å²) >= 11 is 0. The summed E-state index contributed by atoms with van der Waals surface area (Å²) in [5, 5.41) is 9.22. The molecule has 0 spiro atoms. The topological polar surface area (TPSA) is 73.3 Å². The number of aliphatic hydroxyl groups excluding tert-OH is 1. The second-order valence-corrected chi connectivity index (χ2v) is 7.93. The van der Waals surface area contributed by atoms with Crippen molar-refractivity contribution in [2.45, 2.75) is 13.3 Å². The third-order valence-corrected chi connectivity index (χ3v) is 5.78. The van der Waals surface area contributed by atoms with Crippen LogP contribution in [0.25, 0.3) is 5.57 Å². The van der Waals surface area contributed by atoms with Crippen molar-refractivity contribution < 1.29 is 19.4 Å². The molecule has 2 heterocycles. The maximum atomic E-state index is 13.6. The molecule has 0 saturated carbocycles. The van der Waals surface area contributed by atoms with E-state index in [0.29, 0.717) is 48.9 Å². The fraction of sp³-hybridized carbons (Fsp3) is 0.360. The van der Waals surface area contributed by atoms with E-state index in [9.17, 15) is 14.7 Å². The highest BCUT2D eigenvalue weighted by Crippen LogP contribution is 2.36. The van der Waals surface area contributed by atoms with E-state index >= 15 is 0 Å². The van der Waals surface area contributed by atoms with Gasteiger partial charge in [-0.1, -0.05) is 43.3 Å². The lowest BCUT2D eigenvalue weighted by Gasteiger charge is -2.36. The van der Waals surface area contributed by atoms with Gasteiger partial charge in [-0.25, -0.2) is 4.90 Å². The van der Waals surface area contributed by atoms with E-state index < -0.39 is 0 Å². The van der Waals surface area contributed by atoms with Crippen LogP contribution in [0.4, 0.5) is 5.69 Å². The molecule has 2 aliphatic heterocycles. The molecule has 2 amide bonds. The first kappa shape index (κ1) is 22.0. The number of hydrogen-bond acceptors (Lipinski definition) is 6. The second-order valence-electron chi connectivity index (χ2n) is 7.93. The van der Waals surface area contributed by atoms with Gasteiger partial charge in [0, 0.05) is 38.8 Å². The fourth-order valence-electron chi connectivity index (χ4n) is 4.18. The van der Waals surface area contributed by atoms with Crippen LogP contribution in [0.15, 0.2) is 60.3 Å². The van der Waals surface area contributed by atoms with Gasteiger partial charge in [0.05, 0.1) is 24.5 Å². The standard InChI is InChI=1S/C25H29N3O4/c1-2-17-32-21-10-6-9-20(18-21)28-24(30)22(19-7-4-3-5-8-19)23(25(28)31)27-13-11-26(12-14-27)15-16-29/h3-10,18,29H,2,11-17H2,1H3. The lowest BCUT2D eigenvalue weighted by atomic mass is 10.0. The number of carbonyl (C=O) groups is 2. The Labute approximate surface area is 188 Å². The van der Waals surface area contributed by atoms with Gasteiger partial charge in [-0.2, -0.15) is 0 Å². The Morgan fingerprint density at radius 1 is 0.938 bits per heavy atom. The maximum absolute atomic E-state index is 13.6. The van der Waals surface area contributed by atoms with Crippen LogP contribution in [-0.2, 0) is 9.59 Å². The Morgan fingerprint density at radius 3 is 2.38 bits per heavy atom. The van der Waals surface area contributed by atoms with E-state index in [-0.39, 0.29) is 18.4 Å². The van der Waals surface area contributed by atoms with Gasteiger partial charge in [0.25, 0.3) is 11.8 Å². The number of hydrogen-bond donors (Lipinski definition) is 1. The highest BCUT2D eigenvalue weighted by molar-refractivity contribution is 6.45. The average Bonchev–Trinajstić information content (AvgIpc) is 3.09. The van der Waals surface area contributed by atoms with Crippen molar-refractivity contribution >= 4 is 23.1 Å². The predicted molar refractivity (Wildman–Crippen MR) is 123 cm³/mol. The fourth-order valence-corrected chi connectivity index (χ4v) is 4.18. The van der Waals surface area contributed by atoms with Gasteiger partial charge in [0.1, 0.15) is 11.4 Å². The van der Waals surface area contributed by atoms with E-state index in [4.69, 9.17) is 4.74 Å². The van der Waals surface area contributed by atoms with Gasteiger partial charge in [0.2, 0.25) is 0 Å². The van der Waals surface area contributed by atoms with Crippen LogP contribution in [0.5, 0.6) is 5.75 Å². The summed E-state index contributed by atoms with van der Waals surface area (Å²) in [5.41, 5.74) is 2.13. The van der Waals surface area contributed by atoms with E-state index in [2.05, 4.69) is 4.90 Å². The first-order chi connectivity index (χ1) is 15.6. The Kier molecular flexibility index (Phi) is 6.87. The molecule has 1 N–H and O–H groups in total. The molecule has 2 aromatic carbocycles. The van der Waals surface area contributed by atoms with Gasteiger partial charge >= 0.3 is 0 Å². The van der Waals surface area contributed by atoms with E-state index in [1.165, 1.54) is 4.90 Å². The lowest BCUT2D eigenvalue weighted by Crippen LogP contribution is -2.48. The smallest absolute Gasteiger partial charge is 0.282 e. The molecular formula is C25H29N3O4. The Hall–Kier alpha value is -3.16. The first-order valence-corrected chi connectivity index (χ1v) is 11.1. The minimum absolute atomic E-state index is 0.111. The summed E-state index contributed by atoms with van der Waals surface area (Å²) < 4.78 is 5.72. The molecule has 0 aromatic heterocycles. The van der Waals surface area contributed by atoms with Crippen molar-refractivity contribution in [2.24, 2.45) is 0 Å². The molecule has 0 radical (unpaired) electrons. The van der Waals surface area contributed by atoms with Crippen LogP contribution < -0.4 is 9.64 Å². The summed E-state index contributed by atoms with van der Waals surface area (Å²) in [5.74, 6) is 0.0102. The number of nitrogens with zero attached hydrogens (tertiary/aromatic N) is 3. The van der Waals surface area contributed by atoms with Crippen LogP contribution in [0.2, 0.25) is 0 Å². The van der Waals surface area contributed by atoms with Crippen molar-refractivity contribution in [1.29, 1.82) is 0 Å². The summed E-state index contributed by atoms with van der Waals surface area (Å²) in [6.07, 6.45) is 0.873. The molecule has 2 aliphatic rings. The summed E-state index contributed by atoms with van der Waals surface area (Å²) in [6, 6.07) is 16.5. The molecule has 0 aliphatic carbocycles. The van der Waals surface area contributed by atoms with Crippen LogP contribution in [0.1, 0.15) is 18.9 Å². The molecule has 0 unspecified atom stereocenters. The van der Waals surface area contributed by atoms with Crippen molar-refractivity contribution in [2.75, 3.05) is 50.8 Å². The molecule has 7 heteroatoms. The van der Waals surface area contributed by atoms with Gasteiger partial charge in [0.15, 0.2) is 0 Å². The Balaban J connectivity index is 1.68. The number of rotatable bonds is 8. The van der Waals surface area contributed by atoms with Crippen molar-refractivity contribution in [3.63, 3.8) is 0 Å². The first-order valence-electron chi connectivity index (χ1n) is 11.1. The predicted octanol–water partition coefficient (Wildman–Crippen LogP) is 2.37. The number of aliphatic hydroxyl groups is 1. The average molecular weight is 436 g/mol. The minimum atomic E-state index is -0.318. The molecule has 168 valence electrons. The third kappa shape index (κ3) is 4.40. The lowest BCUT2D eigenvalue weighted by molar-refractivity contribution is -0.120.